The van der Waals surface area contributed by atoms with Crippen LogP contribution in [0.2, 0.25) is 0 Å². The van der Waals surface area contributed by atoms with Crippen LogP contribution in [0, 0.1) is 0 Å². The van der Waals surface area contributed by atoms with Crippen molar-refractivity contribution in [3.8, 4) is 0 Å². The largest absolute Gasteiger partial charge is 0.741 e. The van der Waals surface area contributed by atoms with Gasteiger partial charge in [0.1, 0.15) is 25.2 Å². The predicted molar refractivity (Wildman–Crippen MR) is 198 cm³/mol. The molecule has 48 heavy (non-hydrogen) atoms. The lowest BCUT2D eigenvalue weighted by Gasteiger charge is -2.37. The second-order valence-corrected chi connectivity index (χ2v) is 22.4. The van der Waals surface area contributed by atoms with E-state index < -0.39 is 38.1 Å². The lowest BCUT2D eigenvalue weighted by molar-refractivity contribution is -0.0517. The third kappa shape index (κ3) is 8.47. The summed E-state index contributed by atoms with van der Waals surface area (Å²) in [4.78, 5) is 0. The average molecular weight is 719 g/mol. The van der Waals surface area contributed by atoms with Gasteiger partial charge in [-0.3, -0.25) is 0 Å². The van der Waals surface area contributed by atoms with E-state index in [9.17, 15) is 13.2 Å². The van der Waals surface area contributed by atoms with Crippen molar-refractivity contribution in [2.45, 2.75) is 5.51 Å². The second-order valence-electron chi connectivity index (χ2n) is 10.6. The van der Waals surface area contributed by atoms with E-state index in [1.54, 1.807) is 0 Å². The van der Waals surface area contributed by atoms with E-state index in [0.29, 0.717) is 0 Å². The molecule has 0 amide bonds. The molecule has 0 aliphatic carbocycles. The Labute approximate surface area is 283 Å². The van der Waals surface area contributed by atoms with Crippen molar-refractivity contribution in [2.24, 2.45) is 0 Å². The Balaban J connectivity index is 0.000000503. The van der Waals surface area contributed by atoms with Gasteiger partial charge in [0, 0.05) is 10.6 Å². The first-order valence-electron chi connectivity index (χ1n) is 14.9. The van der Waals surface area contributed by atoms with Crippen molar-refractivity contribution < 1.29 is 26.1 Å². The molecule has 0 unspecified atom stereocenters. The summed E-state index contributed by atoms with van der Waals surface area (Å²) in [7, 11) is -7.46. The Hall–Kier alpha value is -3.69. The zero-order valence-electron chi connectivity index (χ0n) is 25.6. The molecular formula is C38H32F3O3P3S. The van der Waals surface area contributed by atoms with Crippen molar-refractivity contribution in [1.82, 2.24) is 0 Å². The molecule has 6 rings (SSSR count). The molecule has 0 bridgehead atoms. The summed E-state index contributed by atoms with van der Waals surface area (Å²) in [6.07, 6.45) is 0. The van der Waals surface area contributed by atoms with Crippen LogP contribution in [0.15, 0.2) is 182 Å². The molecule has 0 saturated heterocycles. The molecule has 0 atom stereocenters. The van der Waals surface area contributed by atoms with Crippen LogP contribution in [0.4, 0.5) is 13.2 Å². The van der Waals surface area contributed by atoms with Gasteiger partial charge in [0.25, 0.3) is 0 Å². The molecule has 0 N–H and O–H groups in total. The standard InChI is InChI=1S/C37H32P3.CHF3O3S/c1-7-19-32(20-8-1)38(33-21-9-2-10-22-33)31-40(36-27-15-5-16-28-36,37-29-17-6-18-30-37)39(34-23-11-3-12-24-34)35-25-13-4-14-26-35;2-1(3,4)8(5,6)7/h1-30H,31H2;(H,5,6,7)/q+1;/p-1. The highest BCUT2D eigenvalue weighted by Crippen LogP contribution is 2.83. The van der Waals surface area contributed by atoms with E-state index in [1.807, 2.05) is 0 Å². The summed E-state index contributed by atoms with van der Waals surface area (Å²) in [6, 6.07) is 68.0. The quantitative estimate of drug-likeness (QED) is 0.0870. The van der Waals surface area contributed by atoms with Crippen LogP contribution in [-0.2, 0) is 10.1 Å². The fourth-order valence-electron chi connectivity index (χ4n) is 5.37. The Morgan fingerprint density at radius 1 is 0.479 bits per heavy atom. The maximum Gasteiger partial charge on any atom is 0.485 e. The number of rotatable bonds is 9. The van der Waals surface area contributed by atoms with Gasteiger partial charge in [0.15, 0.2) is 10.1 Å². The summed E-state index contributed by atoms with van der Waals surface area (Å²) < 4.78 is 58.9. The molecule has 0 fully saturated rings. The Bertz CT molecular complexity index is 1830. The van der Waals surface area contributed by atoms with Crippen LogP contribution in [-0.4, -0.2) is 24.4 Å². The van der Waals surface area contributed by atoms with Crippen molar-refractivity contribution in [1.29, 1.82) is 0 Å². The molecule has 0 heterocycles. The first kappa shape index (κ1) is 35.6. The Kier molecular flexibility index (Phi) is 12.0. The maximum absolute atomic E-state index is 10.7. The number of alkyl halides is 3. The fourth-order valence-corrected chi connectivity index (χ4v) is 23.2. The maximum atomic E-state index is 10.7. The monoisotopic (exact) mass is 718 g/mol. The van der Waals surface area contributed by atoms with E-state index >= 15 is 0 Å². The van der Waals surface area contributed by atoms with Crippen molar-refractivity contribution in [3.63, 3.8) is 0 Å². The summed E-state index contributed by atoms with van der Waals surface area (Å²) in [5.74, 6) is 1.11. The summed E-state index contributed by atoms with van der Waals surface area (Å²) in [5, 5.41) is 8.74. The van der Waals surface area contributed by atoms with E-state index in [2.05, 4.69) is 182 Å². The molecule has 0 aromatic heterocycles. The van der Waals surface area contributed by atoms with Gasteiger partial charge < -0.3 is 4.55 Å². The minimum Gasteiger partial charge on any atom is -0.741 e. The van der Waals surface area contributed by atoms with Crippen LogP contribution in [0.1, 0.15) is 0 Å². The van der Waals surface area contributed by atoms with E-state index in [1.165, 1.54) is 31.8 Å². The highest BCUT2D eigenvalue weighted by atomic mass is 32.2. The zero-order chi connectivity index (χ0) is 34.0. The highest BCUT2D eigenvalue weighted by Gasteiger charge is 2.54. The molecule has 0 aliphatic rings. The molecule has 6 aromatic carbocycles. The molecule has 6 aromatic rings. The Morgan fingerprint density at radius 3 is 1.00 bits per heavy atom. The number of benzene rings is 6. The SMILES string of the molecule is O=S(=O)([O-])C(F)(F)F.c1ccc(P(C[P+](c2ccccc2)(c2ccccc2)P(c2ccccc2)c2ccccc2)c2ccccc2)cc1. The topological polar surface area (TPSA) is 57.2 Å². The van der Waals surface area contributed by atoms with Crippen LogP contribution in [0.3, 0.4) is 0 Å². The van der Waals surface area contributed by atoms with E-state index in [-0.39, 0.29) is 0 Å². The fraction of sp³-hybridized carbons (Fsp3) is 0.0526. The van der Waals surface area contributed by atoms with Gasteiger partial charge >= 0.3 is 5.51 Å². The normalized spacial score (nSPS) is 12.0. The highest BCUT2D eigenvalue weighted by molar-refractivity contribution is 8.51. The summed E-state index contributed by atoms with van der Waals surface area (Å²) in [5.41, 5.74) is -5.65. The minimum absolute atomic E-state index is 0.634. The first-order valence-corrected chi connectivity index (χ1v) is 21.9. The van der Waals surface area contributed by atoms with Crippen molar-refractivity contribution >= 4 is 64.4 Å². The molecule has 0 spiro atoms. The lowest BCUT2D eigenvalue weighted by Crippen LogP contribution is -2.31. The van der Waals surface area contributed by atoms with Gasteiger partial charge in [0.05, 0.1) is 5.90 Å². The molecule has 0 radical (unpaired) electrons. The molecule has 244 valence electrons. The summed E-state index contributed by atoms with van der Waals surface area (Å²) >= 11 is 0. The van der Waals surface area contributed by atoms with Gasteiger partial charge in [-0.1, -0.05) is 158 Å². The smallest absolute Gasteiger partial charge is 0.485 e. The van der Waals surface area contributed by atoms with Gasteiger partial charge in [-0.15, -0.1) is 0 Å². The van der Waals surface area contributed by atoms with Crippen LogP contribution < -0.4 is 31.8 Å². The number of hydrogen-bond donors (Lipinski definition) is 0. The van der Waals surface area contributed by atoms with Gasteiger partial charge in [-0.05, 0) is 42.8 Å². The van der Waals surface area contributed by atoms with E-state index in [4.69, 9.17) is 13.0 Å². The van der Waals surface area contributed by atoms with Crippen LogP contribution >= 0.6 is 22.5 Å². The molecule has 0 saturated carbocycles. The van der Waals surface area contributed by atoms with Gasteiger partial charge in [-0.2, -0.15) is 13.2 Å². The Morgan fingerprint density at radius 2 is 0.729 bits per heavy atom. The third-order valence-corrected chi connectivity index (χ3v) is 23.2. The minimum atomic E-state index is -6.09. The first-order chi connectivity index (χ1) is 23.1. The van der Waals surface area contributed by atoms with Crippen LogP contribution in [0.5, 0.6) is 0 Å². The van der Waals surface area contributed by atoms with Crippen molar-refractivity contribution in [2.75, 3.05) is 5.90 Å². The predicted octanol–water partition coefficient (Wildman–Crippen LogP) is 7.84. The average Bonchev–Trinajstić information content (AvgIpc) is 3.12. The molecule has 10 heteroatoms. The molecular weight excluding hydrogens is 686 g/mol. The number of hydrogen-bond acceptors (Lipinski definition) is 3. The third-order valence-electron chi connectivity index (χ3n) is 7.47. The second kappa shape index (κ2) is 16.1. The van der Waals surface area contributed by atoms with Crippen molar-refractivity contribution in [3.05, 3.63) is 182 Å². The zero-order valence-corrected chi connectivity index (χ0v) is 29.1. The molecule has 3 nitrogen and oxygen atoms in total. The van der Waals surface area contributed by atoms with Crippen LogP contribution in [0.25, 0.3) is 0 Å². The summed E-state index contributed by atoms with van der Waals surface area (Å²) in [6.45, 7) is -2.05. The van der Waals surface area contributed by atoms with Gasteiger partial charge in [-0.25, -0.2) is 8.42 Å². The van der Waals surface area contributed by atoms with E-state index in [0.717, 1.165) is 5.90 Å². The molecule has 0 aliphatic heterocycles. The number of halogens is 3. The van der Waals surface area contributed by atoms with Gasteiger partial charge in [0.2, 0.25) is 0 Å². The lowest BCUT2D eigenvalue weighted by atomic mass is 10.4.